The van der Waals surface area contributed by atoms with Gasteiger partial charge >= 0.3 is 12.1 Å². The van der Waals surface area contributed by atoms with E-state index in [-0.39, 0.29) is 31.0 Å². The average Bonchev–Trinajstić information content (AvgIpc) is 4.08. The second kappa shape index (κ2) is 36.3. The maximum Gasteiger partial charge on any atom is 0.407 e. The summed E-state index contributed by atoms with van der Waals surface area (Å²) in [6, 6.07) is 18.8. The maximum atomic E-state index is 14.0. The minimum Gasteiger partial charge on any atom is -0.493 e. The molecule has 0 spiro atoms. The van der Waals surface area contributed by atoms with Crippen molar-refractivity contribution in [2.75, 3.05) is 39.5 Å². The monoisotopic (exact) mass is 1110 g/mol. The number of likely N-dealkylation sites (tertiary alicyclic amines) is 1. The van der Waals surface area contributed by atoms with Crippen LogP contribution in [0.4, 0.5) is 4.79 Å². The largest absolute Gasteiger partial charge is 0.493 e. The van der Waals surface area contributed by atoms with Gasteiger partial charge in [-0.3, -0.25) is 24.0 Å². The first-order chi connectivity index (χ1) is 38.8. The van der Waals surface area contributed by atoms with Gasteiger partial charge in [-0.1, -0.05) is 206 Å². The molecule has 3 aromatic carbocycles. The molecule has 1 aliphatic heterocycles. The molecule has 3 aromatic rings. The van der Waals surface area contributed by atoms with Crippen LogP contribution in [0.3, 0.4) is 0 Å². The lowest BCUT2D eigenvalue weighted by Gasteiger charge is -2.30. The van der Waals surface area contributed by atoms with Crippen molar-refractivity contribution in [2.24, 2.45) is 11.8 Å². The molecule has 80 heavy (non-hydrogen) atoms. The lowest BCUT2D eigenvalue weighted by molar-refractivity contribution is -0.145. The van der Waals surface area contributed by atoms with Gasteiger partial charge in [0.1, 0.15) is 49.4 Å². The molecule has 0 radical (unpaired) electrons. The van der Waals surface area contributed by atoms with E-state index < -0.39 is 66.9 Å². The zero-order valence-corrected chi connectivity index (χ0v) is 49.4. The molecule has 0 bridgehead atoms. The van der Waals surface area contributed by atoms with Crippen molar-refractivity contribution >= 4 is 35.7 Å². The van der Waals surface area contributed by atoms with Gasteiger partial charge in [-0.05, 0) is 77.5 Å². The van der Waals surface area contributed by atoms with Crippen molar-refractivity contribution in [1.82, 2.24) is 26.2 Å². The lowest BCUT2D eigenvalue weighted by Crippen LogP contribution is -2.56. The molecule has 0 saturated carbocycles. The molecular weight excluding hydrogens is 1010 g/mol. The zero-order chi connectivity index (χ0) is 57.5. The molecule has 5 rings (SSSR count). The Morgan fingerprint density at radius 3 is 1.59 bits per heavy atom. The van der Waals surface area contributed by atoms with Crippen molar-refractivity contribution in [2.45, 2.75) is 213 Å². The highest BCUT2D eigenvalue weighted by Gasteiger charge is 2.39. The molecule has 1 saturated heterocycles. The number of hydrogen-bond donors (Lipinski definition) is 4. The summed E-state index contributed by atoms with van der Waals surface area (Å²) in [4.78, 5) is 82.0. The third-order valence-corrected chi connectivity index (χ3v) is 15.4. The van der Waals surface area contributed by atoms with Crippen LogP contribution in [0.15, 0.2) is 66.7 Å². The third kappa shape index (κ3) is 22.1. The maximum absolute atomic E-state index is 14.0. The van der Waals surface area contributed by atoms with E-state index in [1.165, 1.54) is 108 Å². The average molecular weight is 1110 g/mol. The van der Waals surface area contributed by atoms with E-state index in [1.54, 1.807) is 13.8 Å². The number of hydrogen-bond acceptors (Lipinski definition) is 10. The molecule has 0 aromatic heterocycles. The molecule has 15 nitrogen and oxygen atoms in total. The number of carbonyl (C=O) groups excluding carboxylic acids is 6. The topological polar surface area (TPSA) is 191 Å². The number of fused-ring (bicyclic) bond motifs is 3. The number of unbranched alkanes of at least 4 members (excludes halogenated alkanes) is 18. The Bertz CT molecular complexity index is 2280. The molecule has 1 aliphatic carbocycles. The first-order valence-corrected chi connectivity index (χ1v) is 30.6. The van der Waals surface area contributed by atoms with E-state index in [0.29, 0.717) is 49.7 Å². The highest BCUT2D eigenvalue weighted by Crippen LogP contribution is 2.44. The van der Waals surface area contributed by atoms with E-state index in [2.05, 4.69) is 47.2 Å². The molecule has 4 N–H and O–H groups in total. The van der Waals surface area contributed by atoms with Crippen LogP contribution < -0.4 is 30.7 Å². The number of ether oxygens (including phenoxy) is 4. The predicted octanol–water partition coefficient (Wildman–Crippen LogP) is 12.3. The smallest absolute Gasteiger partial charge is 0.407 e. The molecule has 442 valence electrons. The Morgan fingerprint density at radius 2 is 1.07 bits per heavy atom. The Hall–Kier alpha value is -6.12. The van der Waals surface area contributed by atoms with E-state index >= 15 is 0 Å². The van der Waals surface area contributed by atoms with Gasteiger partial charge in [0.15, 0.2) is 0 Å². The summed E-state index contributed by atoms with van der Waals surface area (Å²) in [5.41, 5.74) is 5.05. The van der Waals surface area contributed by atoms with E-state index in [1.807, 2.05) is 68.4 Å². The molecule has 5 amide bonds. The SMILES string of the molecule is CCCCCCCCCCCCOc1cc(COC(=O)CNC(=O)[C@@H](NC(=O)CNC(=O)[C@@H]2CCCN2C(=O)[C@@H](NC(=O)OCC2c3ccccc3-c3ccccc32)C(C)C)C(C)C)cc(OCCCCCCCCCCCC)c1. The number of benzene rings is 3. The van der Waals surface area contributed by atoms with E-state index in [4.69, 9.17) is 18.9 Å². The molecule has 0 unspecified atom stereocenters. The fraction of sp³-hybridized carbons (Fsp3) is 0.631. The summed E-state index contributed by atoms with van der Waals surface area (Å²) in [5, 5.41) is 10.7. The number of amides is 5. The predicted molar refractivity (Wildman–Crippen MR) is 315 cm³/mol. The van der Waals surface area contributed by atoms with Crippen molar-refractivity contribution in [3.05, 3.63) is 83.4 Å². The van der Waals surface area contributed by atoms with Crippen molar-refractivity contribution < 1.29 is 47.7 Å². The van der Waals surface area contributed by atoms with Gasteiger partial charge in [0.2, 0.25) is 23.6 Å². The number of carbonyl (C=O) groups is 6. The van der Waals surface area contributed by atoms with Crippen molar-refractivity contribution in [3.8, 4) is 22.6 Å². The van der Waals surface area contributed by atoms with Gasteiger partial charge in [-0.25, -0.2) is 4.79 Å². The fourth-order valence-electron chi connectivity index (χ4n) is 10.7. The van der Waals surface area contributed by atoms with Gasteiger partial charge in [0, 0.05) is 18.5 Å². The van der Waals surface area contributed by atoms with Gasteiger partial charge in [-0.15, -0.1) is 0 Å². The minimum atomic E-state index is -1.02. The first-order valence-electron chi connectivity index (χ1n) is 30.6. The lowest BCUT2D eigenvalue weighted by atomic mass is 9.98. The van der Waals surface area contributed by atoms with Crippen LogP contribution in [-0.4, -0.2) is 98.2 Å². The number of nitrogens with one attached hydrogen (secondary N) is 4. The Balaban J connectivity index is 1.05. The first kappa shape index (κ1) is 64.7. The number of nitrogens with zero attached hydrogens (tertiary/aromatic N) is 1. The van der Waals surface area contributed by atoms with Crippen molar-refractivity contribution in [1.29, 1.82) is 0 Å². The summed E-state index contributed by atoms with van der Waals surface area (Å²) in [6.45, 7) is 12.2. The molecular formula is C65H97N5O10. The molecule has 1 heterocycles. The Morgan fingerprint density at radius 1 is 0.575 bits per heavy atom. The van der Waals surface area contributed by atoms with Gasteiger partial charge < -0.3 is 45.1 Å². The fourth-order valence-corrected chi connectivity index (χ4v) is 10.7. The standard InChI is InChI=1S/C65H97N5O10/c1-7-9-11-13-15-17-19-21-23-29-38-77-50-40-49(41-51(42-50)78-39-30-24-22-20-18-16-14-12-10-8-2)45-79-59(72)44-67-63(74)60(47(3)4)68-58(71)43-66-62(73)57-36-31-37-70(57)64(75)61(48(5)6)69-65(76)80-46-56-54-34-27-25-32-52(54)53-33-26-28-35-55(53)56/h25-28,32-35,40-42,47-48,56-57,60-61H,7-24,29-31,36-39,43-46H2,1-6H3,(H,66,73)(H,67,74)(H,68,71)(H,69,76)/t57-,60-,61-/m0/s1. The van der Waals surface area contributed by atoms with Crippen LogP contribution in [-0.2, 0) is 40.1 Å². The normalized spacial score (nSPS) is 14.5. The number of esters is 1. The van der Waals surface area contributed by atoms with Crippen LogP contribution in [0.5, 0.6) is 11.5 Å². The highest BCUT2D eigenvalue weighted by atomic mass is 16.5. The van der Waals surface area contributed by atoms with Crippen LogP contribution in [0.25, 0.3) is 11.1 Å². The van der Waals surface area contributed by atoms with Crippen molar-refractivity contribution in [3.63, 3.8) is 0 Å². The summed E-state index contributed by atoms with van der Waals surface area (Å²) >= 11 is 0. The summed E-state index contributed by atoms with van der Waals surface area (Å²) in [5.74, 6) is -2.34. The van der Waals surface area contributed by atoms with E-state index in [0.717, 1.165) is 47.9 Å². The highest BCUT2D eigenvalue weighted by molar-refractivity contribution is 5.95. The summed E-state index contributed by atoms with van der Waals surface area (Å²) in [7, 11) is 0. The van der Waals surface area contributed by atoms with Crippen LogP contribution in [0, 0.1) is 11.8 Å². The van der Waals surface area contributed by atoms with E-state index in [9.17, 15) is 28.8 Å². The van der Waals surface area contributed by atoms with Crippen LogP contribution in [0.1, 0.15) is 205 Å². The minimum absolute atomic E-state index is 0.0555. The molecule has 3 atom stereocenters. The third-order valence-electron chi connectivity index (χ3n) is 15.4. The van der Waals surface area contributed by atoms with Crippen LogP contribution in [0.2, 0.25) is 0 Å². The second-order valence-electron chi connectivity index (χ2n) is 22.6. The second-order valence-corrected chi connectivity index (χ2v) is 22.6. The Labute approximate surface area is 478 Å². The van der Waals surface area contributed by atoms with Gasteiger partial charge in [0.05, 0.1) is 19.8 Å². The number of rotatable bonds is 39. The quantitative estimate of drug-likeness (QED) is 0.0316. The number of alkyl carbamates (subject to hydrolysis) is 1. The summed E-state index contributed by atoms with van der Waals surface area (Å²) < 4.78 is 23.8. The van der Waals surface area contributed by atoms with Gasteiger partial charge in [0.25, 0.3) is 0 Å². The van der Waals surface area contributed by atoms with Crippen LogP contribution >= 0.6 is 0 Å². The van der Waals surface area contributed by atoms with Gasteiger partial charge in [-0.2, -0.15) is 0 Å². The molecule has 2 aliphatic rings. The zero-order valence-electron chi connectivity index (χ0n) is 49.4. The summed E-state index contributed by atoms with van der Waals surface area (Å²) in [6.07, 6.45) is 24.9. The molecule has 1 fully saturated rings. The molecule has 15 heteroatoms. The Kier molecular flexibility index (Phi) is 29.3.